The number of benzene rings is 1. The second-order valence-corrected chi connectivity index (χ2v) is 7.49. The number of nitrogens with zero attached hydrogens (tertiary/aromatic N) is 5. The lowest BCUT2D eigenvalue weighted by molar-refractivity contribution is -0.135. The van der Waals surface area contributed by atoms with Gasteiger partial charge in [-0.15, -0.1) is 10.2 Å². The van der Waals surface area contributed by atoms with E-state index in [1.807, 2.05) is 61.2 Å². The Hall–Kier alpha value is -2.74. The topological polar surface area (TPSA) is 86.9 Å². The standard InChI is InChI=1S/C19H24N6O2/c1-12(2)17-23-22-16-10-27-11-19(3,25(16)17)18(26)20-9-15-21-13-7-5-6-8-14(13)24(15)4/h5-8,12H,9-11H2,1-4H3,(H,20,26). The largest absolute Gasteiger partial charge is 0.370 e. The molecule has 1 aliphatic heterocycles. The highest BCUT2D eigenvalue weighted by Crippen LogP contribution is 2.29. The van der Waals surface area contributed by atoms with E-state index in [4.69, 9.17) is 4.74 Å². The van der Waals surface area contributed by atoms with Gasteiger partial charge in [-0.2, -0.15) is 0 Å². The number of fused-ring (bicyclic) bond motifs is 2. The maximum Gasteiger partial charge on any atom is 0.248 e. The first-order valence-corrected chi connectivity index (χ1v) is 9.13. The lowest BCUT2D eigenvalue weighted by Crippen LogP contribution is -2.53. The van der Waals surface area contributed by atoms with Crippen LogP contribution in [0.15, 0.2) is 24.3 Å². The van der Waals surface area contributed by atoms with Crippen molar-refractivity contribution >= 4 is 16.9 Å². The fraction of sp³-hybridized carbons (Fsp3) is 0.474. The lowest BCUT2D eigenvalue weighted by Gasteiger charge is -2.35. The smallest absolute Gasteiger partial charge is 0.248 e. The Morgan fingerprint density at radius 2 is 2.11 bits per heavy atom. The molecule has 0 bridgehead atoms. The first-order valence-electron chi connectivity index (χ1n) is 9.13. The summed E-state index contributed by atoms with van der Waals surface area (Å²) in [5.41, 5.74) is 1.07. The van der Waals surface area contributed by atoms with Gasteiger partial charge < -0.3 is 14.6 Å². The molecule has 1 amide bonds. The average molecular weight is 368 g/mol. The summed E-state index contributed by atoms with van der Waals surface area (Å²) in [6.45, 7) is 6.96. The lowest BCUT2D eigenvalue weighted by atomic mass is 9.99. The average Bonchev–Trinajstić information content (AvgIpc) is 3.23. The molecular formula is C19H24N6O2. The fourth-order valence-corrected chi connectivity index (χ4v) is 3.61. The van der Waals surface area contributed by atoms with E-state index < -0.39 is 5.54 Å². The van der Waals surface area contributed by atoms with Crippen molar-refractivity contribution in [1.29, 1.82) is 0 Å². The Morgan fingerprint density at radius 1 is 1.33 bits per heavy atom. The molecule has 0 radical (unpaired) electrons. The van der Waals surface area contributed by atoms with Crippen LogP contribution in [0.5, 0.6) is 0 Å². The van der Waals surface area contributed by atoms with Crippen molar-refractivity contribution in [2.24, 2.45) is 7.05 Å². The van der Waals surface area contributed by atoms with Crippen molar-refractivity contribution in [2.75, 3.05) is 6.61 Å². The quantitative estimate of drug-likeness (QED) is 0.759. The summed E-state index contributed by atoms with van der Waals surface area (Å²) in [5, 5.41) is 11.5. The molecule has 1 aliphatic rings. The molecule has 2 aromatic heterocycles. The number of rotatable bonds is 4. The van der Waals surface area contributed by atoms with Crippen molar-refractivity contribution in [3.8, 4) is 0 Å². The van der Waals surface area contributed by atoms with Gasteiger partial charge in [0, 0.05) is 13.0 Å². The number of aromatic nitrogens is 5. The minimum atomic E-state index is -0.888. The summed E-state index contributed by atoms with van der Waals surface area (Å²) in [4.78, 5) is 17.8. The van der Waals surface area contributed by atoms with Gasteiger partial charge in [0.05, 0.1) is 24.2 Å². The van der Waals surface area contributed by atoms with Crippen molar-refractivity contribution in [3.63, 3.8) is 0 Å². The van der Waals surface area contributed by atoms with Crippen LogP contribution >= 0.6 is 0 Å². The van der Waals surface area contributed by atoms with E-state index in [2.05, 4.69) is 20.5 Å². The van der Waals surface area contributed by atoms with E-state index in [0.717, 1.165) is 22.7 Å². The summed E-state index contributed by atoms with van der Waals surface area (Å²) in [6, 6.07) is 7.92. The highest BCUT2D eigenvalue weighted by Gasteiger charge is 2.42. The Morgan fingerprint density at radius 3 is 2.85 bits per heavy atom. The summed E-state index contributed by atoms with van der Waals surface area (Å²) < 4.78 is 9.58. The zero-order valence-corrected chi connectivity index (χ0v) is 16.1. The van der Waals surface area contributed by atoms with Gasteiger partial charge in [0.1, 0.15) is 23.8 Å². The van der Waals surface area contributed by atoms with E-state index in [-0.39, 0.29) is 18.4 Å². The molecule has 0 aliphatic carbocycles. The van der Waals surface area contributed by atoms with E-state index in [0.29, 0.717) is 19.0 Å². The zero-order chi connectivity index (χ0) is 19.2. The molecule has 8 nitrogen and oxygen atoms in total. The van der Waals surface area contributed by atoms with Crippen molar-refractivity contribution < 1.29 is 9.53 Å². The second-order valence-electron chi connectivity index (χ2n) is 7.49. The summed E-state index contributed by atoms with van der Waals surface area (Å²) in [7, 11) is 1.96. The molecule has 8 heteroatoms. The van der Waals surface area contributed by atoms with Crippen LogP contribution in [-0.4, -0.2) is 36.8 Å². The van der Waals surface area contributed by atoms with Crippen LogP contribution in [0.25, 0.3) is 11.0 Å². The van der Waals surface area contributed by atoms with Crippen molar-refractivity contribution in [3.05, 3.63) is 41.7 Å². The number of aryl methyl sites for hydroxylation is 1. The maximum atomic E-state index is 13.2. The number of nitrogens with one attached hydrogen (secondary N) is 1. The monoisotopic (exact) mass is 368 g/mol. The molecule has 4 rings (SSSR count). The number of para-hydroxylation sites is 2. The van der Waals surface area contributed by atoms with Gasteiger partial charge in [-0.05, 0) is 19.1 Å². The molecule has 1 unspecified atom stereocenters. The third-order valence-electron chi connectivity index (χ3n) is 5.16. The number of amides is 1. The molecule has 0 saturated heterocycles. The second kappa shape index (κ2) is 6.45. The van der Waals surface area contributed by atoms with Crippen molar-refractivity contribution in [1.82, 2.24) is 29.6 Å². The predicted molar refractivity (Wildman–Crippen MR) is 100.0 cm³/mol. The van der Waals surface area contributed by atoms with Gasteiger partial charge in [-0.1, -0.05) is 26.0 Å². The number of hydrogen-bond donors (Lipinski definition) is 1. The SMILES string of the molecule is CC(C)c1nnc2n1C(C)(C(=O)NCc1nc3ccccc3n1C)COC2. The molecular weight excluding hydrogens is 344 g/mol. The molecule has 0 spiro atoms. The Balaban J connectivity index is 1.60. The number of imidazole rings is 1. The molecule has 1 aromatic carbocycles. The Bertz CT molecular complexity index is 1000. The summed E-state index contributed by atoms with van der Waals surface area (Å²) >= 11 is 0. The van der Waals surface area contributed by atoms with Gasteiger partial charge in [-0.25, -0.2) is 4.98 Å². The molecule has 0 saturated carbocycles. The first-order chi connectivity index (χ1) is 12.9. The number of carbonyl (C=O) groups is 1. The van der Waals surface area contributed by atoms with Gasteiger partial charge in [-0.3, -0.25) is 9.36 Å². The van der Waals surface area contributed by atoms with Crippen LogP contribution in [-0.2, 0) is 35.3 Å². The van der Waals surface area contributed by atoms with Gasteiger partial charge in [0.25, 0.3) is 0 Å². The van der Waals surface area contributed by atoms with Crippen LogP contribution in [0.4, 0.5) is 0 Å². The van der Waals surface area contributed by atoms with Gasteiger partial charge in [0.2, 0.25) is 5.91 Å². The van der Waals surface area contributed by atoms with Gasteiger partial charge >= 0.3 is 0 Å². The molecule has 3 heterocycles. The van der Waals surface area contributed by atoms with Crippen LogP contribution in [0.3, 0.4) is 0 Å². The minimum absolute atomic E-state index is 0.128. The molecule has 0 fully saturated rings. The van der Waals surface area contributed by atoms with Crippen LogP contribution in [0.2, 0.25) is 0 Å². The minimum Gasteiger partial charge on any atom is -0.370 e. The molecule has 27 heavy (non-hydrogen) atoms. The molecule has 3 aromatic rings. The number of hydrogen-bond acceptors (Lipinski definition) is 5. The Labute approximate surface area is 157 Å². The van der Waals surface area contributed by atoms with E-state index in [1.165, 1.54) is 0 Å². The zero-order valence-electron chi connectivity index (χ0n) is 16.1. The fourth-order valence-electron chi connectivity index (χ4n) is 3.61. The Kier molecular flexibility index (Phi) is 4.22. The molecule has 1 N–H and O–H groups in total. The van der Waals surface area contributed by atoms with Crippen LogP contribution < -0.4 is 5.32 Å². The first kappa shape index (κ1) is 17.7. The van der Waals surface area contributed by atoms with E-state index >= 15 is 0 Å². The normalized spacial score (nSPS) is 19.4. The third-order valence-corrected chi connectivity index (χ3v) is 5.16. The summed E-state index contributed by atoms with van der Waals surface area (Å²) in [6.07, 6.45) is 0. The summed E-state index contributed by atoms with van der Waals surface area (Å²) in [5.74, 6) is 2.32. The number of ether oxygens (including phenoxy) is 1. The highest BCUT2D eigenvalue weighted by atomic mass is 16.5. The number of carbonyl (C=O) groups excluding carboxylic acids is 1. The predicted octanol–water partition coefficient (Wildman–Crippen LogP) is 1.85. The van der Waals surface area contributed by atoms with Crippen LogP contribution in [0.1, 0.15) is 44.2 Å². The maximum absolute atomic E-state index is 13.2. The van der Waals surface area contributed by atoms with Crippen molar-refractivity contribution in [2.45, 2.75) is 45.4 Å². The van der Waals surface area contributed by atoms with E-state index in [1.54, 1.807) is 0 Å². The van der Waals surface area contributed by atoms with Gasteiger partial charge in [0.15, 0.2) is 5.82 Å². The molecule has 1 atom stereocenters. The molecule has 142 valence electrons. The highest BCUT2D eigenvalue weighted by molar-refractivity contribution is 5.84. The van der Waals surface area contributed by atoms with E-state index in [9.17, 15) is 4.79 Å². The third kappa shape index (κ3) is 2.80. The van der Waals surface area contributed by atoms with Crippen LogP contribution in [0, 0.1) is 0 Å².